The molecule has 98 valence electrons. The van der Waals surface area contributed by atoms with Crippen LogP contribution in [0.1, 0.15) is 35.3 Å². The number of thioether (sulfide) groups is 2. The van der Waals surface area contributed by atoms with Gasteiger partial charge in [0.2, 0.25) is 0 Å². The van der Waals surface area contributed by atoms with Crippen molar-refractivity contribution < 1.29 is 4.79 Å². The van der Waals surface area contributed by atoms with E-state index in [-0.39, 0.29) is 5.25 Å². The van der Waals surface area contributed by atoms with Gasteiger partial charge >= 0.3 is 0 Å². The summed E-state index contributed by atoms with van der Waals surface area (Å²) in [5.74, 6) is 1.25. The van der Waals surface area contributed by atoms with Gasteiger partial charge in [0.15, 0.2) is 5.78 Å². The molecule has 18 heavy (non-hydrogen) atoms. The number of benzene rings is 1. The molecule has 0 saturated carbocycles. The lowest BCUT2D eigenvalue weighted by Gasteiger charge is -2.30. The minimum atomic E-state index is 0.128. The van der Waals surface area contributed by atoms with Gasteiger partial charge in [-0.1, -0.05) is 26.0 Å². The number of hydrogen-bond acceptors (Lipinski definition) is 3. The Hall–Kier alpha value is -0.410. The number of hydrogen-bond donors (Lipinski definition) is 0. The third-order valence-corrected chi connectivity index (χ3v) is 7.02. The molecule has 3 heteroatoms. The maximum atomic E-state index is 12.5. The van der Waals surface area contributed by atoms with E-state index < -0.39 is 0 Å². The molecule has 1 aromatic carbocycles. The summed E-state index contributed by atoms with van der Waals surface area (Å²) < 4.78 is 0. The van der Waals surface area contributed by atoms with E-state index in [1.165, 1.54) is 11.1 Å². The van der Waals surface area contributed by atoms with Crippen molar-refractivity contribution in [2.75, 3.05) is 5.75 Å². The van der Waals surface area contributed by atoms with Crippen LogP contribution in [-0.4, -0.2) is 27.3 Å². The first kappa shape index (κ1) is 14.0. The average molecular weight is 280 g/mol. The second kappa shape index (κ2) is 5.70. The summed E-state index contributed by atoms with van der Waals surface area (Å²) in [4.78, 5) is 12.5. The van der Waals surface area contributed by atoms with Crippen LogP contribution in [0.4, 0.5) is 0 Å². The molecule has 1 aliphatic rings. The van der Waals surface area contributed by atoms with E-state index in [1.807, 2.05) is 35.7 Å². The van der Waals surface area contributed by atoms with Crippen LogP contribution in [0, 0.1) is 13.8 Å². The monoisotopic (exact) mass is 280 g/mol. The van der Waals surface area contributed by atoms with Crippen molar-refractivity contribution in [3.63, 3.8) is 0 Å². The topological polar surface area (TPSA) is 17.1 Å². The maximum absolute atomic E-state index is 12.5. The standard InChI is InChI=1S/C15H20OS2/c1-9-5-6-13(7-10(9)2)15(16)14-8-17-11(3)12(4)18-14/h5-7,11-12,14H,8H2,1-4H3. The molecule has 3 atom stereocenters. The zero-order chi connectivity index (χ0) is 13.3. The third-order valence-electron chi connectivity index (χ3n) is 3.63. The fourth-order valence-corrected chi connectivity index (χ4v) is 4.88. The van der Waals surface area contributed by atoms with Crippen LogP contribution < -0.4 is 0 Å². The number of carbonyl (C=O) groups excluding carboxylic acids is 1. The Labute approximate surface area is 118 Å². The maximum Gasteiger partial charge on any atom is 0.176 e. The number of carbonyl (C=O) groups is 1. The molecular formula is C15H20OS2. The Kier molecular flexibility index (Phi) is 4.44. The predicted octanol–water partition coefficient (Wildman–Crippen LogP) is 4.11. The third kappa shape index (κ3) is 2.94. The Balaban J connectivity index is 2.14. The first-order valence-corrected chi connectivity index (χ1v) is 8.36. The molecule has 1 saturated heterocycles. The Morgan fingerprint density at radius 1 is 1.17 bits per heavy atom. The van der Waals surface area contributed by atoms with Gasteiger partial charge in [-0.3, -0.25) is 4.79 Å². The fourth-order valence-electron chi connectivity index (χ4n) is 2.00. The number of ketones is 1. The molecule has 0 aliphatic carbocycles. The molecule has 2 rings (SSSR count). The van der Waals surface area contributed by atoms with E-state index in [1.54, 1.807) is 0 Å². The van der Waals surface area contributed by atoms with Gasteiger partial charge < -0.3 is 0 Å². The Bertz CT molecular complexity index is 456. The Morgan fingerprint density at radius 3 is 2.50 bits per heavy atom. The quantitative estimate of drug-likeness (QED) is 0.759. The van der Waals surface area contributed by atoms with Gasteiger partial charge in [0.1, 0.15) is 0 Å². The summed E-state index contributed by atoms with van der Waals surface area (Å²) in [6.07, 6.45) is 0. The van der Waals surface area contributed by atoms with Crippen molar-refractivity contribution in [1.82, 2.24) is 0 Å². The summed E-state index contributed by atoms with van der Waals surface area (Å²) >= 11 is 3.76. The number of rotatable bonds is 2. The van der Waals surface area contributed by atoms with Gasteiger partial charge in [-0.25, -0.2) is 0 Å². The lowest BCUT2D eigenvalue weighted by Crippen LogP contribution is -2.31. The van der Waals surface area contributed by atoms with Crippen molar-refractivity contribution in [3.05, 3.63) is 34.9 Å². The summed E-state index contributed by atoms with van der Waals surface area (Å²) in [5, 5.41) is 1.34. The number of Topliss-reactive ketones (excluding diaryl/α,β-unsaturated/α-hetero) is 1. The SMILES string of the molecule is Cc1ccc(C(=O)C2CSC(C)C(C)S2)cc1C. The molecule has 0 amide bonds. The summed E-state index contributed by atoms with van der Waals surface area (Å²) in [5.41, 5.74) is 3.33. The second-order valence-electron chi connectivity index (χ2n) is 5.03. The lowest BCUT2D eigenvalue weighted by atomic mass is 10.0. The van der Waals surface area contributed by atoms with E-state index in [0.717, 1.165) is 11.3 Å². The molecule has 0 radical (unpaired) electrons. The zero-order valence-corrected chi connectivity index (χ0v) is 13.0. The highest BCUT2D eigenvalue weighted by Gasteiger charge is 2.30. The molecule has 1 aromatic rings. The molecule has 0 aromatic heterocycles. The van der Waals surface area contributed by atoms with Gasteiger partial charge in [0.05, 0.1) is 5.25 Å². The predicted molar refractivity (Wildman–Crippen MR) is 83.0 cm³/mol. The zero-order valence-electron chi connectivity index (χ0n) is 11.4. The largest absolute Gasteiger partial charge is 0.293 e. The van der Waals surface area contributed by atoms with Crippen LogP contribution in [0.5, 0.6) is 0 Å². The average Bonchev–Trinajstić information content (AvgIpc) is 2.35. The van der Waals surface area contributed by atoms with Crippen molar-refractivity contribution >= 4 is 29.3 Å². The smallest absolute Gasteiger partial charge is 0.176 e. The van der Waals surface area contributed by atoms with E-state index in [0.29, 0.717) is 16.3 Å². The van der Waals surface area contributed by atoms with Crippen molar-refractivity contribution in [1.29, 1.82) is 0 Å². The first-order chi connectivity index (χ1) is 8.49. The lowest BCUT2D eigenvalue weighted by molar-refractivity contribution is 0.0994. The van der Waals surface area contributed by atoms with Gasteiger partial charge in [0.25, 0.3) is 0 Å². The highest BCUT2D eigenvalue weighted by atomic mass is 32.2. The minimum absolute atomic E-state index is 0.128. The summed E-state index contributed by atoms with van der Waals surface area (Å²) in [6.45, 7) is 8.62. The molecule has 3 unspecified atom stereocenters. The minimum Gasteiger partial charge on any atom is -0.293 e. The van der Waals surface area contributed by atoms with E-state index in [9.17, 15) is 4.79 Å². The molecule has 0 N–H and O–H groups in total. The molecule has 1 heterocycles. The highest BCUT2D eigenvalue weighted by Crippen LogP contribution is 2.37. The van der Waals surface area contributed by atoms with Crippen LogP contribution in [0.2, 0.25) is 0 Å². The molecule has 1 fully saturated rings. The van der Waals surface area contributed by atoms with Gasteiger partial charge in [0, 0.05) is 21.8 Å². The van der Waals surface area contributed by atoms with Crippen LogP contribution in [0.3, 0.4) is 0 Å². The first-order valence-electron chi connectivity index (χ1n) is 6.37. The molecule has 0 bridgehead atoms. The number of aryl methyl sites for hydroxylation is 2. The fraction of sp³-hybridized carbons (Fsp3) is 0.533. The van der Waals surface area contributed by atoms with Crippen LogP contribution in [0.25, 0.3) is 0 Å². The second-order valence-corrected chi connectivity index (χ2v) is 8.03. The van der Waals surface area contributed by atoms with Gasteiger partial charge in [-0.05, 0) is 31.0 Å². The van der Waals surface area contributed by atoms with Gasteiger partial charge in [-0.15, -0.1) is 11.8 Å². The van der Waals surface area contributed by atoms with Crippen molar-refractivity contribution in [3.8, 4) is 0 Å². The molecule has 1 aliphatic heterocycles. The Morgan fingerprint density at radius 2 is 1.89 bits per heavy atom. The molecule has 1 nitrogen and oxygen atoms in total. The molecule has 0 spiro atoms. The van der Waals surface area contributed by atoms with Crippen LogP contribution >= 0.6 is 23.5 Å². The van der Waals surface area contributed by atoms with Crippen LogP contribution in [-0.2, 0) is 0 Å². The van der Waals surface area contributed by atoms with E-state index in [2.05, 4.69) is 33.8 Å². The van der Waals surface area contributed by atoms with E-state index in [4.69, 9.17) is 0 Å². The van der Waals surface area contributed by atoms with Crippen LogP contribution in [0.15, 0.2) is 18.2 Å². The molecular weight excluding hydrogens is 260 g/mol. The summed E-state index contributed by atoms with van der Waals surface area (Å²) in [7, 11) is 0. The van der Waals surface area contributed by atoms with Gasteiger partial charge in [-0.2, -0.15) is 11.8 Å². The van der Waals surface area contributed by atoms with Crippen molar-refractivity contribution in [2.24, 2.45) is 0 Å². The van der Waals surface area contributed by atoms with Crippen molar-refractivity contribution in [2.45, 2.75) is 43.4 Å². The summed E-state index contributed by atoms with van der Waals surface area (Å²) in [6, 6.07) is 6.06. The highest BCUT2D eigenvalue weighted by molar-refractivity contribution is 8.08. The normalized spacial score (nSPS) is 28.1. The van der Waals surface area contributed by atoms with E-state index >= 15 is 0 Å².